The molecule has 92 valence electrons. The van der Waals surface area contributed by atoms with Crippen LogP contribution >= 0.6 is 0 Å². The van der Waals surface area contributed by atoms with E-state index in [1.54, 1.807) is 26.2 Å². The van der Waals surface area contributed by atoms with Gasteiger partial charge in [0, 0.05) is 12.6 Å². The zero-order valence-corrected chi connectivity index (χ0v) is 10.8. The van der Waals surface area contributed by atoms with Gasteiger partial charge in [-0.2, -0.15) is 0 Å². The van der Waals surface area contributed by atoms with Gasteiger partial charge in [0.1, 0.15) is 11.5 Å². The van der Waals surface area contributed by atoms with Gasteiger partial charge in [-0.15, -0.1) is 0 Å². The number of amides is 1. The molecule has 0 bridgehead atoms. The van der Waals surface area contributed by atoms with E-state index in [1.807, 2.05) is 26.0 Å². The van der Waals surface area contributed by atoms with Gasteiger partial charge in [0.05, 0.1) is 25.3 Å². The van der Waals surface area contributed by atoms with Crippen LogP contribution in [0.15, 0.2) is 12.1 Å². The number of rotatable bonds is 2. The molecular formula is C13H17NO3. The third kappa shape index (κ3) is 1.40. The van der Waals surface area contributed by atoms with Gasteiger partial charge in [0.25, 0.3) is 0 Å². The van der Waals surface area contributed by atoms with Gasteiger partial charge in [0.15, 0.2) is 0 Å². The van der Waals surface area contributed by atoms with Crippen molar-refractivity contribution in [3.63, 3.8) is 0 Å². The van der Waals surface area contributed by atoms with Crippen LogP contribution < -0.4 is 14.4 Å². The number of benzene rings is 1. The highest BCUT2D eigenvalue weighted by atomic mass is 16.5. The number of carbonyl (C=O) groups excluding carboxylic acids is 1. The van der Waals surface area contributed by atoms with Crippen LogP contribution in [0.5, 0.6) is 11.5 Å². The highest BCUT2D eigenvalue weighted by molar-refractivity contribution is 6.09. The van der Waals surface area contributed by atoms with Gasteiger partial charge in [-0.05, 0) is 26.0 Å². The Bertz CT molecular complexity index is 480. The average Bonchev–Trinajstić information content (AvgIpc) is 2.51. The number of anilines is 1. The van der Waals surface area contributed by atoms with Crippen LogP contribution in [0.4, 0.5) is 5.69 Å². The van der Waals surface area contributed by atoms with E-state index in [9.17, 15) is 4.79 Å². The van der Waals surface area contributed by atoms with Crippen LogP contribution in [-0.2, 0) is 10.2 Å². The standard InChI is InChI=1S/C13H17NO3/c1-13(2)10-8(16-4)6-7-9(17-5)11(10)14(3)12(13)15/h6-7H,1-5H3. The summed E-state index contributed by atoms with van der Waals surface area (Å²) in [4.78, 5) is 13.9. The van der Waals surface area contributed by atoms with Crippen LogP contribution in [0, 0.1) is 0 Å². The molecule has 0 aromatic heterocycles. The normalized spacial score (nSPS) is 17.0. The quantitative estimate of drug-likeness (QED) is 0.786. The first-order chi connectivity index (χ1) is 7.95. The van der Waals surface area contributed by atoms with Gasteiger partial charge < -0.3 is 14.4 Å². The summed E-state index contributed by atoms with van der Waals surface area (Å²) in [5, 5.41) is 0. The minimum Gasteiger partial charge on any atom is -0.496 e. The molecule has 4 heteroatoms. The van der Waals surface area contributed by atoms with Gasteiger partial charge >= 0.3 is 0 Å². The predicted octanol–water partition coefficient (Wildman–Crippen LogP) is 1.96. The molecule has 2 rings (SSSR count). The minimum absolute atomic E-state index is 0.0512. The molecule has 0 unspecified atom stereocenters. The minimum atomic E-state index is -0.579. The zero-order chi connectivity index (χ0) is 12.8. The number of carbonyl (C=O) groups is 1. The van der Waals surface area contributed by atoms with Gasteiger partial charge in [-0.25, -0.2) is 0 Å². The Morgan fingerprint density at radius 3 is 2.18 bits per heavy atom. The largest absolute Gasteiger partial charge is 0.496 e. The SMILES string of the molecule is COc1ccc(OC)c2c1N(C)C(=O)C2(C)C. The smallest absolute Gasteiger partial charge is 0.237 e. The fraction of sp³-hybridized carbons (Fsp3) is 0.462. The second-order valence-electron chi connectivity index (χ2n) is 4.68. The van der Waals surface area contributed by atoms with Gasteiger partial charge in [-0.1, -0.05) is 0 Å². The fourth-order valence-electron chi connectivity index (χ4n) is 2.45. The van der Waals surface area contributed by atoms with Gasteiger partial charge in [0.2, 0.25) is 5.91 Å². The van der Waals surface area contributed by atoms with Crippen LogP contribution in [0.3, 0.4) is 0 Å². The lowest BCUT2D eigenvalue weighted by molar-refractivity contribution is -0.121. The maximum atomic E-state index is 12.2. The average molecular weight is 235 g/mol. The van der Waals surface area contributed by atoms with Crippen molar-refractivity contribution in [2.24, 2.45) is 0 Å². The molecule has 4 nitrogen and oxygen atoms in total. The highest BCUT2D eigenvalue weighted by Crippen LogP contribution is 2.50. The monoisotopic (exact) mass is 235 g/mol. The summed E-state index contributed by atoms with van der Waals surface area (Å²) in [6, 6.07) is 3.66. The first-order valence-corrected chi connectivity index (χ1v) is 5.48. The van der Waals surface area contributed by atoms with Crippen molar-refractivity contribution < 1.29 is 14.3 Å². The molecule has 0 spiro atoms. The molecule has 1 aliphatic heterocycles. The second kappa shape index (κ2) is 3.65. The Hall–Kier alpha value is -1.71. The molecule has 1 aliphatic rings. The van der Waals surface area contributed by atoms with Gasteiger partial charge in [-0.3, -0.25) is 4.79 Å². The lowest BCUT2D eigenvalue weighted by Crippen LogP contribution is -2.33. The summed E-state index contributed by atoms with van der Waals surface area (Å²) in [6.07, 6.45) is 0. The number of hydrogen-bond acceptors (Lipinski definition) is 3. The zero-order valence-electron chi connectivity index (χ0n) is 10.8. The Labute approximate surface area is 101 Å². The fourth-order valence-corrected chi connectivity index (χ4v) is 2.45. The Morgan fingerprint density at radius 2 is 1.65 bits per heavy atom. The molecule has 1 heterocycles. The van der Waals surface area contributed by atoms with E-state index in [4.69, 9.17) is 9.47 Å². The van der Waals surface area contributed by atoms with Crippen molar-refractivity contribution >= 4 is 11.6 Å². The summed E-state index contributed by atoms with van der Waals surface area (Å²) < 4.78 is 10.7. The highest BCUT2D eigenvalue weighted by Gasteiger charge is 2.46. The maximum Gasteiger partial charge on any atom is 0.237 e. The molecule has 0 radical (unpaired) electrons. The summed E-state index contributed by atoms with van der Waals surface area (Å²) in [7, 11) is 4.98. The molecule has 0 saturated carbocycles. The number of likely N-dealkylation sites (N-methyl/N-ethyl adjacent to an activating group) is 1. The van der Waals surface area contributed by atoms with Crippen LogP contribution in [-0.4, -0.2) is 27.2 Å². The molecule has 0 N–H and O–H groups in total. The molecule has 1 aromatic rings. The number of ether oxygens (including phenoxy) is 2. The summed E-state index contributed by atoms with van der Waals surface area (Å²) in [6.45, 7) is 3.80. The van der Waals surface area contributed by atoms with E-state index in [0.29, 0.717) is 5.75 Å². The van der Waals surface area contributed by atoms with Crippen molar-refractivity contribution in [2.45, 2.75) is 19.3 Å². The van der Waals surface area contributed by atoms with Crippen LogP contribution in [0.25, 0.3) is 0 Å². The van der Waals surface area contributed by atoms with E-state index in [-0.39, 0.29) is 5.91 Å². The third-order valence-corrected chi connectivity index (χ3v) is 3.34. The van der Waals surface area contributed by atoms with Crippen molar-refractivity contribution in [3.8, 4) is 11.5 Å². The first kappa shape index (κ1) is 11.8. The molecular weight excluding hydrogens is 218 g/mol. The topological polar surface area (TPSA) is 38.8 Å². The summed E-state index contributed by atoms with van der Waals surface area (Å²) in [5.41, 5.74) is 1.12. The number of nitrogens with zero attached hydrogens (tertiary/aromatic N) is 1. The molecule has 1 amide bonds. The Balaban J connectivity index is 2.78. The molecule has 0 fully saturated rings. The molecule has 0 aliphatic carbocycles. The Morgan fingerprint density at radius 1 is 1.12 bits per heavy atom. The van der Waals surface area contributed by atoms with E-state index in [0.717, 1.165) is 17.0 Å². The number of fused-ring (bicyclic) bond motifs is 1. The van der Waals surface area contributed by atoms with E-state index in [2.05, 4.69) is 0 Å². The van der Waals surface area contributed by atoms with Crippen LogP contribution in [0.2, 0.25) is 0 Å². The molecule has 0 atom stereocenters. The summed E-state index contributed by atoms with van der Waals surface area (Å²) in [5.74, 6) is 1.47. The van der Waals surface area contributed by atoms with Crippen LogP contribution in [0.1, 0.15) is 19.4 Å². The van der Waals surface area contributed by atoms with E-state index < -0.39 is 5.41 Å². The third-order valence-electron chi connectivity index (χ3n) is 3.34. The molecule has 1 aromatic carbocycles. The predicted molar refractivity (Wildman–Crippen MR) is 66.0 cm³/mol. The van der Waals surface area contributed by atoms with Crippen molar-refractivity contribution in [1.29, 1.82) is 0 Å². The Kier molecular flexibility index (Phi) is 2.53. The first-order valence-electron chi connectivity index (χ1n) is 5.48. The van der Waals surface area contributed by atoms with E-state index >= 15 is 0 Å². The van der Waals surface area contributed by atoms with E-state index in [1.165, 1.54) is 0 Å². The molecule has 0 saturated heterocycles. The van der Waals surface area contributed by atoms with Crippen molar-refractivity contribution in [1.82, 2.24) is 0 Å². The summed E-state index contributed by atoms with van der Waals surface area (Å²) >= 11 is 0. The lowest BCUT2D eigenvalue weighted by Gasteiger charge is -2.18. The maximum absolute atomic E-state index is 12.2. The van der Waals surface area contributed by atoms with Crippen molar-refractivity contribution in [3.05, 3.63) is 17.7 Å². The second-order valence-corrected chi connectivity index (χ2v) is 4.68. The number of hydrogen-bond donors (Lipinski definition) is 0. The van der Waals surface area contributed by atoms with Crippen molar-refractivity contribution in [2.75, 3.05) is 26.2 Å². The lowest BCUT2D eigenvalue weighted by atomic mass is 9.85. The number of methoxy groups -OCH3 is 2. The molecule has 17 heavy (non-hydrogen) atoms.